The zero-order valence-corrected chi connectivity index (χ0v) is 12.8. The minimum absolute atomic E-state index is 0.0688. The molecule has 2 rings (SSSR count). The van der Waals surface area contributed by atoms with Crippen molar-refractivity contribution in [1.29, 1.82) is 0 Å². The molecule has 1 aliphatic carbocycles. The molecule has 1 atom stereocenters. The average Bonchev–Trinajstić information content (AvgIpc) is 3.02. The molecular weight excluding hydrogens is 298 g/mol. The first-order chi connectivity index (χ1) is 11.1. The lowest BCUT2D eigenvalue weighted by molar-refractivity contribution is -0.149. The first-order valence-electron chi connectivity index (χ1n) is 7.79. The molecule has 3 N–H and O–H groups in total. The minimum atomic E-state index is -1.09. The molecule has 0 aromatic carbocycles. The number of nitrogens with one attached hydrogen (secondary N) is 2. The summed E-state index contributed by atoms with van der Waals surface area (Å²) < 4.78 is 0. The fraction of sp³-hybridized carbons (Fsp3) is 0.500. The molecular formula is C16H21N3O4. The third-order valence-corrected chi connectivity index (χ3v) is 4.00. The first-order valence-corrected chi connectivity index (χ1v) is 7.79. The van der Waals surface area contributed by atoms with Crippen molar-refractivity contribution in [2.24, 2.45) is 11.8 Å². The van der Waals surface area contributed by atoms with Crippen LogP contribution in [-0.2, 0) is 14.4 Å². The molecule has 0 aliphatic heterocycles. The van der Waals surface area contributed by atoms with Crippen molar-refractivity contribution in [3.8, 4) is 0 Å². The van der Waals surface area contributed by atoms with Crippen LogP contribution in [-0.4, -0.2) is 34.4 Å². The molecule has 124 valence electrons. The van der Waals surface area contributed by atoms with E-state index in [0.29, 0.717) is 5.82 Å². The summed E-state index contributed by atoms with van der Waals surface area (Å²) in [6, 6.07) is 5.16. The van der Waals surface area contributed by atoms with Crippen LogP contribution in [0.3, 0.4) is 0 Å². The summed E-state index contributed by atoms with van der Waals surface area (Å²) in [5.41, 5.74) is 0. The molecule has 1 heterocycles. The van der Waals surface area contributed by atoms with Gasteiger partial charge in [-0.1, -0.05) is 18.9 Å². The van der Waals surface area contributed by atoms with Crippen molar-refractivity contribution in [1.82, 2.24) is 10.3 Å². The van der Waals surface area contributed by atoms with E-state index in [-0.39, 0.29) is 24.8 Å². The van der Waals surface area contributed by atoms with Gasteiger partial charge in [-0.3, -0.25) is 14.4 Å². The Balaban J connectivity index is 1.76. The molecule has 0 saturated heterocycles. The van der Waals surface area contributed by atoms with E-state index in [4.69, 9.17) is 0 Å². The smallest absolute Gasteiger partial charge is 0.316 e. The quantitative estimate of drug-likeness (QED) is 0.659. The van der Waals surface area contributed by atoms with E-state index in [2.05, 4.69) is 15.6 Å². The van der Waals surface area contributed by atoms with E-state index in [1.165, 1.54) is 0 Å². The average molecular weight is 319 g/mol. The highest BCUT2D eigenvalue weighted by Crippen LogP contribution is 2.31. The topological polar surface area (TPSA) is 108 Å². The molecule has 1 aromatic heterocycles. The number of hydrogen-bond donors (Lipinski definition) is 3. The summed E-state index contributed by atoms with van der Waals surface area (Å²) in [4.78, 5) is 39.1. The highest BCUT2D eigenvalue weighted by atomic mass is 16.4. The van der Waals surface area contributed by atoms with Crippen LogP contribution in [0.2, 0.25) is 0 Å². The highest BCUT2D eigenvalue weighted by Gasteiger charge is 2.36. The number of nitrogens with zero attached hydrogens (tertiary/aromatic N) is 1. The Hall–Kier alpha value is -2.44. The number of carbonyl (C=O) groups is 3. The Morgan fingerprint density at radius 1 is 1.26 bits per heavy atom. The number of anilines is 1. The van der Waals surface area contributed by atoms with Gasteiger partial charge in [0, 0.05) is 19.2 Å². The maximum absolute atomic E-state index is 12.1. The van der Waals surface area contributed by atoms with Gasteiger partial charge in [-0.25, -0.2) is 4.98 Å². The Kier molecular flexibility index (Phi) is 6.08. The number of carbonyl (C=O) groups excluding carboxylic acids is 2. The van der Waals surface area contributed by atoms with E-state index in [1.54, 1.807) is 24.4 Å². The van der Waals surface area contributed by atoms with Crippen molar-refractivity contribution >= 4 is 23.6 Å². The van der Waals surface area contributed by atoms with E-state index in [0.717, 1.165) is 25.7 Å². The van der Waals surface area contributed by atoms with Gasteiger partial charge in [0.2, 0.25) is 11.8 Å². The molecule has 23 heavy (non-hydrogen) atoms. The standard InChI is InChI=1S/C16H21N3O4/c20-13(19-12-7-3-4-9-17-12)8-10-18-15(21)14(16(22)23)11-5-1-2-6-11/h3-4,7,9,11,14H,1-2,5-6,8,10H2,(H,18,21)(H,22,23)(H,17,19,20). The van der Waals surface area contributed by atoms with Crippen LogP contribution in [0.1, 0.15) is 32.1 Å². The summed E-state index contributed by atoms with van der Waals surface area (Å²) in [6.45, 7) is 0.105. The minimum Gasteiger partial charge on any atom is -0.481 e. The highest BCUT2D eigenvalue weighted by molar-refractivity contribution is 5.97. The molecule has 0 spiro atoms. The number of hydrogen-bond acceptors (Lipinski definition) is 4. The second-order valence-corrected chi connectivity index (χ2v) is 5.66. The fourth-order valence-corrected chi connectivity index (χ4v) is 2.87. The molecule has 1 saturated carbocycles. The van der Waals surface area contributed by atoms with Gasteiger partial charge in [0.15, 0.2) is 0 Å². The van der Waals surface area contributed by atoms with Gasteiger partial charge >= 0.3 is 5.97 Å². The van der Waals surface area contributed by atoms with Gasteiger partial charge in [0.1, 0.15) is 11.7 Å². The normalized spacial score (nSPS) is 15.8. The summed E-state index contributed by atoms with van der Waals surface area (Å²) in [6.07, 6.45) is 5.10. The van der Waals surface area contributed by atoms with Gasteiger partial charge in [0.25, 0.3) is 0 Å². The number of rotatable bonds is 7. The molecule has 1 aromatic rings. The fourth-order valence-electron chi connectivity index (χ4n) is 2.87. The van der Waals surface area contributed by atoms with Crippen LogP contribution in [0.15, 0.2) is 24.4 Å². The number of aliphatic carboxylic acids is 1. The molecule has 7 heteroatoms. The molecule has 7 nitrogen and oxygen atoms in total. The molecule has 1 aliphatic rings. The lowest BCUT2D eigenvalue weighted by atomic mass is 9.90. The van der Waals surface area contributed by atoms with Crippen molar-refractivity contribution < 1.29 is 19.5 Å². The Morgan fingerprint density at radius 3 is 2.61 bits per heavy atom. The molecule has 1 unspecified atom stereocenters. The second kappa shape index (κ2) is 8.26. The Morgan fingerprint density at radius 2 is 2.00 bits per heavy atom. The monoisotopic (exact) mass is 319 g/mol. The third kappa shape index (κ3) is 5.05. The number of carboxylic acids is 1. The number of aromatic nitrogens is 1. The van der Waals surface area contributed by atoms with E-state index in [9.17, 15) is 19.5 Å². The van der Waals surface area contributed by atoms with Gasteiger partial charge in [-0.05, 0) is 30.9 Å². The zero-order chi connectivity index (χ0) is 16.7. The van der Waals surface area contributed by atoms with E-state index in [1.807, 2.05) is 0 Å². The third-order valence-electron chi connectivity index (χ3n) is 4.00. The lowest BCUT2D eigenvalue weighted by Crippen LogP contribution is -2.40. The second-order valence-electron chi connectivity index (χ2n) is 5.66. The number of carboxylic acid groups (broad SMARTS) is 1. The van der Waals surface area contributed by atoms with Gasteiger partial charge in [0.05, 0.1) is 0 Å². The van der Waals surface area contributed by atoms with Crippen LogP contribution in [0.5, 0.6) is 0 Å². The van der Waals surface area contributed by atoms with E-state index < -0.39 is 17.8 Å². The van der Waals surface area contributed by atoms with Gasteiger partial charge < -0.3 is 15.7 Å². The maximum Gasteiger partial charge on any atom is 0.316 e. The number of amides is 2. The Bertz CT molecular complexity index is 556. The van der Waals surface area contributed by atoms with Crippen LogP contribution in [0.25, 0.3) is 0 Å². The Labute approximate surface area is 134 Å². The van der Waals surface area contributed by atoms with Gasteiger partial charge in [-0.2, -0.15) is 0 Å². The predicted molar refractivity (Wildman–Crippen MR) is 83.6 cm³/mol. The zero-order valence-electron chi connectivity index (χ0n) is 12.8. The molecule has 0 bridgehead atoms. The van der Waals surface area contributed by atoms with E-state index >= 15 is 0 Å². The first kappa shape index (κ1) is 16.9. The van der Waals surface area contributed by atoms with Crippen molar-refractivity contribution in [3.63, 3.8) is 0 Å². The lowest BCUT2D eigenvalue weighted by Gasteiger charge is -2.18. The van der Waals surface area contributed by atoms with Crippen LogP contribution >= 0.6 is 0 Å². The molecule has 1 fully saturated rings. The largest absolute Gasteiger partial charge is 0.481 e. The van der Waals surface area contributed by atoms with Crippen LogP contribution in [0.4, 0.5) is 5.82 Å². The maximum atomic E-state index is 12.1. The number of pyridine rings is 1. The summed E-state index contributed by atoms with van der Waals surface area (Å²) in [7, 11) is 0. The predicted octanol–water partition coefficient (Wildman–Crippen LogP) is 1.42. The summed E-state index contributed by atoms with van der Waals surface area (Å²) in [5, 5.41) is 14.4. The van der Waals surface area contributed by atoms with Crippen molar-refractivity contribution in [2.75, 3.05) is 11.9 Å². The summed E-state index contributed by atoms with van der Waals surface area (Å²) in [5.74, 6) is -2.55. The molecule has 0 radical (unpaired) electrons. The van der Waals surface area contributed by atoms with Crippen LogP contribution < -0.4 is 10.6 Å². The van der Waals surface area contributed by atoms with Gasteiger partial charge in [-0.15, -0.1) is 0 Å². The SMILES string of the molecule is O=C(CCNC(=O)C(C(=O)O)C1CCCC1)Nc1ccccn1. The molecule has 2 amide bonds. The van der Waals surface area contributed by atoms with Crippen molar-refractivity contribution in [3.05, 3.63) is 24.4 Å². The van der Waals surface area contributed by atoms with Crippen LogP contribution in [0, 0.1) is 11.8 Å². The summed E-state index contributed by atoms with van der Waals surface area (Å²) >= 11 is 0. The van der Waals surface area contributed by atoms with Crippen molar-refractivity contribution in [2.45, 2.75) is 32.1 Å².